The molecule has 0 bridgehead atoms. The molecule has 0 saturated carbocycles. The number of hydrogen-bond acceptors (Lipinski definition) is 7. The molecule has 3 heterocycles. The van der Waals surface area contributed by atoms with Crippen molar-refractivity contribution >= 4 is 11.6 Å². The molecule has 0 aromatic heterocycles. The Morgan fingerprint density at radius 3 is 2.35 bits per heavy atom. The quantitative estimate of drug-likeness (QED) is 0.652. The number of hydrogen-bond donors (Lipinski definition) is 0. The molecule has 3 aliphatic heterocycles. The number of ether oxygens (including phenoxy) is 4. The summed E-state index contributed by atoms with van der Waals surface area (Å²) in [6, 6.07) is 15.4. The van der Waals surface area contributed by atoms with E-state index in [0.29, 0.717) is 26.2 Å². The number of hydrazone groups is 1. The van der Waals surface area contributed by atoms with Crippen molar-refractivity contribution in [2.75, 3.05) is 47.1 Å². The molecule has 3 aliphatic rings. The molecule has 0 N–H and O–H groups in total. The van der Waals surface area contributed by atoms with Gasteiger partial charge in [-0.2, -0.15) is 5.10 Å². The average molecular weight is 466 g/mol. The number of likely N-dealkylation sites (tertiary alicyclic amines) is 1. The lowest BCUT2D eigenvalue weighted by Gasteiger charge is -2.37. The van der Waals surface area contributed by atoms with E-state index in [-0.39, 0.29) is 11.9 Å². The lowest BCUT2D eigenvalue weighted by atomic mass is 9.97. The molecule has 1 spiro atoms. The summed E-state index contributed by atoms with van der Waals surface area (Å²) in [5.41, 5.74) is 2.67. The first kappa shape index (κ1) is 22.8. The van der Waals surface area contributed by atoms with Crippen LogP contribution < -0.4 is 9.47 Å². The van der Waals surface area contributed by atoms with Crippen LogP contribution in [0.1, 0.15) is 36.4 Å². The minimum absolute atomic E-state index is 0.0370. The van der Waals surface area contributed by atoms with Crippen molar-refractivity contribution in [3.05, 3.63) is 59.7 Å². The van der Waals surface area contributed by atoms with Crippen LogP contribution in [-0.2, 0) is 14.3 Å². The minimum Gasteiger partial charge on any atom is -0.496 e. The number of benzene rings is 2. The number of rotatable bonds is 6. The van der Waals surface area contributed by atoms with Gasteiger partial charge in [0.25, 0.3) is 5.91 Å². The van der Waals surface area contributed by atoms with Gasteiger partial charge in [-0.3, -0.25) is 9.69 Å². The van der Waals surface area contributed by atoms with Crippen molar-refractivity contribution in [3.63, 3.8) is 0 Å². The van der Waals surface area contributed by atoms with Gasteiger partial charge in [-0.05, 0) is 18.2 Å². The van der Waals surface area contributed by atoms with Crippen molar-refractivity contribution in [2.24, 2.45) is 5.10 Å². The number of para-hydroxylation sites is 2. The zero-order valence-corrected chi connectivity index (χ0v) is 19.7. The minimum atomic E-state index is -0.456. The fourth-order valence-electron chi connectivity index (χ4n) is 5.07. The van der Waals surface area contributed by atoms with E-state index in [2.05, 4.69) is 4.90 Å². The van der Waals surface area contributed by atoms with Crippen LogP contribution in [0.3, 0.4) is 0 Å². The number of methoxy groups -OCH3 is 2. The molecular weight excluding hydrogens is 434 g/mol. The zero-order chi connectivity index (χ0) is 23.5. The number of piperidine rings is 1. The third-order valence-electron chi connectivity index (χ3n) is 6.87. The second kappa shape index (κ2) is 9.74. The molecule has 2 aromatic rings. The van der Waals surface area contributed by atoms with Crippen LogP contribution >= 0.6 is 0 Å². The summed E-state index contributed by atoms with van der Waals surface area (Å²) in [5, 5.41) is 6.46. The van der Waals surface area contributed by atoms with Gasteiger partial charge < -0.3 is 18.9 Å². The number of carbonyl (C=O) groups excluding carboxylic acids is 1. The van der Waals surface area contributed by atoms with Gasteiger partial charge in [-0.15, -0.1) is 0 Å². The van der Waals surface area contributed by atoms with Crippen LogP contribution in [0.25, 0.3) is 0 Å². The molecular formula is C26H31N3O5. The van der Waals surface area contributed by atoms with Crippen LogP contribution in [0.15, 0.2) is 53.6 Å². The normalized spacial score (nSPS) is 22.1. The number of amides is 1. The topological polar surface area (TPSA) is 72.8 Å². The Labute approximate surface area is 200 Å². The second-order valence-electron chi connectivity index (χ2n) is 8.83. The highest BCUT2D eigenvalue weighted by Gasteiger charge is 2.41. The van der Waals surface area contributed by atoms with Crippen molar-refractivity contribution in [2.45, 2.75) is 31.1 Å². The van der Waals surface area contributed by atoms with Gasteiger partial charge in [0.15, 0.2) is 5.79 Å². The van der Waals surface area contributed by atoms with E-state index in [4.69, 9.17) is 24.0 Å². The van der Waals surface area contributed by atoms with E-state index >= 15 is 0 Å². The van der Waals surface area contributed by atoms with Crippen LogP contribution in [0.5, 0.6) is 11.5 Å². The average Bonchev–Trinajstić information content (AvgIpc) is 3.53. The van der Waals surface area contributed by atoms with Crippen molar-refractivity contribution in [3.8, 4) is 11.5 Å². The molecule has 0 aliphatic carbocycles. The highest BCUT2D eigenvalue weighted by atomic mass is 16.7. The third-order valence-corrected chi connectivity index (χ3v) is 6.87. The lowest BCUT2D eigenvalue weighted by molar-refractivity contribution is -0.186. The maximum absolute atomic E-state index is 13.6. The predicted octanol–water partition coefficient (Wildman–Crippen LogP) is 3.22. The van der Waals surface area contributed by atoms with Crippen LogP contribution in [0.4, 0.5) is 0 Å². The van der Waals surface area contributed by atoms with E-state index in [9.17, 15) is 4.79 Å². The van der Waals surface area contributed by atoms with Gasteiger partial charge in [0.2, 0.25) is 0 Å². The Bertz CT molecular complexity index is 1060. The van der Waals surface area contributed by atoms with E-state index in [1.807, 2.05) is 48.5 Å². The highest BCUT2D eigenvalue weighted by molar-refractivity contribution is 6.05. The van der Waals surface area contributed by atoms with Gasteiger partial charge in [-0.1, -0.05) is 30.3 Å². The first-order valence-electron chi connectivity index (χ1n) is 11.8. The molecule has 180 valence electrons. The summed E-state index contributed by atoms with van der Waals surface area (Å²) in [6.07, 6.45) is 2.12. The predicted molar refractivity (Wildman–Crippen MR) is 127 cm³/mol. The Morgan fingerprint density at radius 1 is 1.00 bits per heavy atom. The molecule has 5 rings (SSSR count). The van der Waals surface area contributed by atoms with Crippen LogP contribution in [0, 0.1) is 0 Å². The highest BCUT2D eigenvalue weighted by Crippen LogP contribution is 2.39. The van der Waals surface area contributed by atoms with Crippen LogP contribution in [0.2, 0.25) is 0 Å². The van der Waals surface area contributed by atoms with E-state index in [1.165, 1.54) is 0 Å². The van der Waals surface area contributed by atoms with Crippen molar-refractivity contribution < 1.29 is 23.7 Å². The molecule has 0 radical (unpaired) electrons. The van der Waals surface area contributed by atoms with Crippen molar-refractivity contribution in [1.29, 1.82) is 0 Å². The smallest absolute Gasteiger partial charge is 0.257 e. The summed E-state index contributed by atoms with van der Waals surface area (Å²) in [7, 11) is 3.30. The summed E-state index contributed by atoms with van der Waals surface area (Å²) in [4.78, 5) is 15.7. The fourth-order valence-corrected chi connectivity index (χ4v) is 5.07. The summed E-state index contributed by atoms with van der Waals surface area (Å²) < 4.78 is 22.8. The van der Waals surface area contributed by atoms with E-state index in [1.54, 1.807) is 19.2 Å². The maximum Gasteiger partial charge on any atom is 0.257 e. The summed E-state index contributed by atoms with van der Waals surface area (Å²) >= 11 is 0. The Balaban J connectivity index is 1.39. The standard InChI is InChI=1S/C26H31N3O5/c1-31-23-9-5-3-7-19(23)21-17-22(20-8-4-6-10-24(20)32-2)29(27-21)25(30)18-28-13-11-26(12-14-28)33-15-16-34-26/h3-10,22H,11-18H2,1-2H3. The Morgan fingerprint density at radius 2 is 1.65 bits per heavy atom. The molecule has 1 amide bonds. The first-order valence-corrected chi connectivity index (χ1v) is 11.8. The molecule has 2 aromatic carbocycles. The third kappa shape index (κ3) is 4.41. The fraction of sp³-hybridized carbons (Fsp3) is 0.462. The van der Waals surface area contributed by atoms with E-state index in [0.717, 1.165) is 54.3 Å². The molecule has 8 heteroatoms. The Hall–Kier alpha value is -2.94. The van der Waals surface area contributed by atoms with Crippen molar-refractivity contribution in [1.82, 2.24) is 9.91 Å². The monoisotopic (exact) mass is 465 g/mol. The molecule has 34 heavy (non-hydrogen) atoms. The van der Waals surface area contributed by atoms with Gasteiger partial charge in [0.05, 0.1) is 45.7 Å². The number of carbonyl (C=O) groups is 1. The molecule has 1 unspecified atom stereocenters. The van der Waals surface area contributed by atoms with Gasteiger partial charge in [0.1, 0.15) is 11.5 Å². The second-order valence-corrected chi connectivity index (χ2v) is 8.83. The SMILES string of the molecule is COc1ccccc1C1=NN(C(=O)CN2CCC3(CC2)OCCO3)C(c2ccccc2OC)C1. The Kier molecular flexibility index (Phi) is 6.54. The molecule has 8 nitrogen and oxygen atoms in total. The lowest BCUT2D eigenvalue weighted by Crippen LogP contribution is -2.48. The number of nitrogens with zero attached hydrogens (tertiary/aromatic N) is 3. The van der Waals surface area contributed by atoms with Gasteiger partial charge >= 0.3 is 0 Å². The molecule has 1 atom stereocenters. The summed E-state index contributed by atoms with van der Waals surface area (Å²) in [6.45, 7) is 3.09. The van der Waals surface area contributed by atoms with Gasteiger partial charge in [0, 0.05) is 43.5 Å². The van der Waals surface area contributed by atoms with Gasteiger partial charge in [-0.25, -0.2) is 5.01 Å². The van der Waals surface area contributed by atoms with E-state index < -0.39 is 5.79 Å². The zero-order valence-electron chi connectivity index (χ0n) is 19.7. The molecule has 2 saturated heterocycles. The summed E-state index contributed by atoms with van der Waals surface area (Å²) in [5.74, 6) is 0.997. The first-order chi connectivity index (χ1) is 16.6. The maximum atomic E-state index is 13.6. The largest absolute Gasteiger partial charge is 0.496 e. The molecule has 2 fully saturated rings. The van der Waals surface area contributed by atoms with Crippen LogP contribution in [-0.4, -0.2) is 74.4 Å².